The normalized spacial score (nSPS) is 22.4. The maximum atomic E-state index is 12.4. The minimum Gasteiger partial charge on any atom is -0.445 e. The van der Waals surface area contributed by atoms with Crippen LogP contribution in [0.15, 0.2) is 41.3 Å². The fourth-order valence-corrected chi connectivity index (χ4v) is 4.18. The van der Waals surface area contributed by atoms with Crippen molar-refractivity contribution in [3.63, 3.8) is 0 Å². The Morgan fingerprint density at radius 3 is 2.71 bits per heavy atom. The fraction of sp³-hybridized carbons (Fsp3) is 0.522. The smallest absolute Gasteiger partial charge is 0.412 e. The second-order valence-corrected chi connectivity index (χ2v) is 9.26. The molecule has 166 valence electrons. The summed E-state index contributed by atoms with van der Waals surface area (Å²) < 4.78 is 15.7. The average molecular weight is 428 g/mol. The molecule has 2 fully saturated rings. The molecule has 1 N–H and O–H groups in total. The lowest BCUT2D eigenvalue weighted by molar-refractivity contribution is 0.0163. The third-order valence-electron chi connectivity index (χ3n) is 5.71. The van der Waals surface area contributed by atoms with Gasteiger partial charge in [0.2, 0.25) is 0 Å². The van der Waals surface area contributed by atoms with E-state index in [4.69, 9.17) is 13.9 Å². The molecular formula is C23H29N3O5. The Balaban J connectivity index is 1.24. The number of piperidine rings is 1. The van der Waals surface area contributed by atoms with E-state index in [1.165, 1.54) is 18.2 Å². The molecule has 0 radical (unpaired) electrons. The van der Waals surface area contributed by atoms with Crippen LogP contribution < -0.4 is 5.32 Å². The van der Waals surface area contributed by atoms with Crippen LogP contribution in [0.2, 0.25) is 0 Å². The maximum Gasteiger partial charge on any atom is 0.412 e. The molecule has 2 heterocycles. The zero-order valence-electron chi connectivity index (χ0n) is 18.2. The van der Waals surface area contributed by atoms with Gasteiger partial charge in [0, 0.05) is 18.3 Å². The van der Waals surface area contributed by atoms with Crippen LogP contribution in [0.1, 0.15) is 44.9 Å². The Kier molecular flexibility index (Phi) is 5.89. The minimum atomic E-state index is -0.542. The molecule has 2 aromatic rings. The zero-order valence-corrected chi connectivity index (χ0v) is 18.2. The van der Waals surface area contributed by atoms with Crippen LogP contribution >= 0.6 is 0 Å². The molecular weight excluding hydrogens is 398 g/mol. The predicted octanol–water partition coefficient (Wildman–Crippen LogP) is 4.61. The first-order chi connectivity index (χ1) is 14.8. The largest absolute Gasteiger partial charge is 0.445 e. The molecule has 1 aliphatic heterocycles. The lowest BCUT2D eigenvalue weighted by atomic mass is 9.89. The van der Waals surface area contributed by atoms with Crippen LogP contribution in [0.4, 0.5) is 15.3 Å². The number of carbonyl (C=O) groups is 2. The first kappa shape index (κ1) is 21.2. The Morgan fingerprint density at radius 2 is 2.03 bits per heavy atom. The minimum absolute atomic E-state index is 0.0362. The van der Waals surface area contributed by atoms with E-state index < -0.39 is 11.7 Å². The zero-order chi connectivity index (χ0) is 22.0. The van der Waals surface area contributed by atoms with E-state index in [-0.39, 0.29) is 12.7 Å². The van der Waals surface area contributed by atoms with Crippen molar-refractivity contribution in [1.29, 1.82) is 0 Å². The molecule has 0 bridgehead atoms. The van der Waals surface area contributed by atoms with Crippen LogP contribution in [0, 0.1) is 11.8 Å². The fourth-order valence-electron chi connectivity index (χ4n) is 4.18. The molecule has 3 unspecified atom stereocenters. The average Bonchev–Trinajstić information content (AvgIpc) is 3.33. The lowest BCUT2D eigenvalue weighted by Gasteiger charge is -2.33. The summed E-state index contributed by atoms with van der Waals surface area (Å²) in [6.45, 7) is 6.48. The SMILES string of the molecule is CC(C)(C)OC(=O)N1CCC(Cc2ccc(NC(=O)OCc3cnco3)cc2)C2CC21. The molecule has 1 aromatic heterocycles. The summed E-state index contributed by atoms with van der Waals surface area (Å²) in [5, 5.41) is 2.71. The molecule has 3 atom stereocenters. The maximum absolute atomic E-state index is 12.4. The summed E-state index contributed by atoms with van der Waals surface area (Å²) in [6, 6.07) is 8.14. The number of hydrogen-bond acceptors (Lipinski definition) is 6. The van der Waals surface area contributed by atoms with E-state index in [9.17, 15) is 9.59 Å². The van der Waals surface area contributed by atoms with Gasteiger partial charge < -0.3 is 18.8 Å². The number of ether oxygens (including phenoxy) is 2. The standard InChI is InChI=1S/C23H29N3O5/c1-23(2,3)31-22(28)26-9-8-16(19-11-20(19)26)10-15-4-6-17(7-5-15)25-21(27)29-13-18-12-24-14-30-18/h4-7,12,14,16,19-20H,8-11,13H2,1-3H3,(H,25,27). The van der Waals surface area contributed by atoms with Gasteiger partial charge in [-0.3, -0.25) is 5.32 Å². The Morgan fingerprint density at radius 1 is 1.26 bits per heavy atom. The summed E-state index contributed by atoms with van der Waals surface area (Å²) in [5.41, 5.74) is 1.44. The van der Waals surface area contributed by atoms with Gasteiger partial charge >= 0.3 is 12.2 Å². The third-order valence-corrected chi connectivity index (χ3v) is 5.71. The van der Waals surface area contributed by atoms with E-state index in [0.29, 0.717) is 29.3 Å². The quantitative estimate of drug-likeness (QED) is 0.749. The molecule has 1 saturated heterocycles. The first-order valence-corrected chi connectivity index (χ1v) is 10.7. The van der Waals surface area contributed by atoms with Gasteiger partial charge in [-0.1, -0.05) is 12.1 Å². The Bertz CT molecular complexity index is 904. The van der Waals surface area contributed by atoms with Gasteiger partial charge in [0.15, 0.2) is 18.8 Å². The molecule has 2 amide bonds. The molecule has 4 rings (SSSR count). The number of nitrogens with one attached hydrogen (secondary N) is 1. The van der Waals surface area contributed by atoms with E-state index >= 15 is 0 Å². The summed E-state index contributed by atoms with van der Waals surface area (Å²) in [5.74, 6) is 1.60. The molecule has 8 heteroatoms. The van der Waals surface area contributed by atoms with E-state index in [2.05, 4.69) is 10.3 Å². The number of nitrogens with zero attached hydrogens (tertiary/aromatic N) is 2. The first-order valence-electron chi connectivity index (χ1n) is 10.7. The van der Waals surface area contributed by atoms with Crippen molar-refractivity contribution in [3.05, 3.63) is 48.2 Å². The molecule has 1 aliphatic carbocycles. The van der Waals surface area contributed by atoms with E-state index in [1.807, 2.05) is 49.9 Å². The van der Waals surface area contributed by atoms with Crippen LogP contribution in [-0.4, -0.2) is 40.3 Å². The van der Waals surface area contributed by atoms with Crippen LogP contribution in [-0.2, 0) is 22.5 Å². The predicted molar refractivity (Wildman–Crippen MR) is 113 cm³/mol. The molecule has 0 spiro atoms. The number of carbonyl (C=O) groups excluding carboxylic acids is 2. The number of benzene rings is 1. The van der Waals surface area contributed by atoms with Gasteiger partial charge in [-0.2, -0.15) is 0 Å². The topological polar surface area (TPSA) is 93.9 Å². The van der Waals surface area contributed by atoms with Gasteiger partial charge in [0.25, 0.3) is 0 Å². The highest BCUT2D eigenvalue weighted by Crippen LogP contribution is 2.48. The van der Waals surface area contributed by atoms with Crippen molar-refractivity contribution in [3.8, 4) is 0 Å². The second kappa shape index (κ2) is 8.61. The Labute approximate surface area is 181 Å². The van der Waals surface area contributed by atoms with Crippen LogP contribution in [0.3, 0.4) is 0 Å². The summed E-state index contributed by atoms with van der Waals surface area (Å²) in [7, 11) is 0. The summed E-state index contributed by atoms with van der Waals surface area (Å²) in [4.78, 5) is 30.0. The van der Waals surface area contributed by atoms with Gasteiger partial charge in [-0.15, -0.1) is 0 Å². The highest BCUT2D eigenvalue weighted by molar-refractivity contribution is 5.84. The van der Waals surface area contributed by atoms with Crippen LogP contribution in [0.5, 0.6) is 0 Å². The molecule has 2 aliphatic rings. The molecule has 1 saturated carbocycles. The number of oxazole rings is 1. The third kappa shape index (κ3) is 5.57. The van der Waals surface area contributed by atoms with Gasteiger partial charge in [0.05, 0.1) is 6.20 Å². The number of anilines is 1. The number of aromatic nitrogens is 1. The Hall–Kier alpha value is -3.03. The lowest BCUT2D eigenvalue weighted by Crippen LogP contribution is -2.43. The number of fused-ring (bicyclic) bond motifs is 1. The van der Waals surface area contributed by atoms with Crippen molar-refractivity contribution in [2.75, 3.05) is 11.9 Å². The van der Waals surface area contributed by atoms with Crippen molar-refractivity contribution in [2.24, 2.45) is 11.8 Å². The van der Waals surface area contributed by atoms with Gasteiger partial charge in [-0.25, -0.2) is 14.6 Å². The van der Waals surface area contributed by atoms with Crippen molar-refractivity contribution in [2.45, 2.75) is 58.3 Å². The van der Waals surface area contributed by atoms with Crippen molar-refractivity contribution in [1.82, 2.24) is 9.88 Å². The van der Waals surface area contributed by atoms with Gasteiger partial charge in [-0.05, 0) is 69.6 Å². The summed E-state index contributed by atoms with van der Waals surface area (Å²) >= 11 is 0. The van der Waals surface area contributed by atoms with E-state index in [0.717, 1.165) is 25.8 Å². The van der Waals surface area contributed by atoms with Crippen molar-refractivity contribution >= 4 is 17.9 Å². The number of likely N-dealkylation sites (tertiary alicyclic amines) is 1. The second-order valence-electron chi connectivity index (χ2n) is 9.26. The highest BCUT2D eigenvalue weighted by atomic mass is 16.6. The number of hydrogen-bond donors (Lipinski definition) is 1. The number of rotatable bonds is 5. The highest BCUT2D eigenvalue weighted by Gasteiger charge is 2.51. The summed E-state index contributed by atoms with van der Waals surface area (Å²) in [6.07, 6.45) is 5.07. The van der Waals surface area contributed by atoms with Crippen LogP contribution in [0.25, 0.3) is 0 Å². The van der Waals surface area contributed by atoms with Crippen molar-refractivity contribution < 1.29 is 23.5 Å². The molecule has 1 aromatic carbocycles. The monoisotopic (exact) mass is 427 g/mol. The number of amides is 2. The van der Waals surface area contributed by atoms with E-state index in [1.54, 1.807) is 0 Å². The molecule has 31 heavy (non-hydrogen) atoms. The molecule has 8 nitrogen and oxygen atoms in total. The van der Waals surface area contributed by atoms with Gasteiger partial charge in [0.1, 0.15) is 5.60 Å².